The second-order valence-corrected chi connectivity index (χ2v) is 6.12. The Hall–Kier alpha value is -0.930. The molecule has 2 aliphatic carbocycles. The lowest BCUT2D eigenvalue weighted by molar-refractivity contribution is -0.0140. The van der Waals surface area contributed by atoms with Gasteiger partial charge >= 0.3 is 0 Å². The van der Waals surface area contributed by atoms with Crippen molar-refractivity contribution in [3.05, 3.63) is 11.3 Å². The van der Waals surface area contributed by atoms with E-state index in [1.165, 1.54) is 0 Å². The van der Waals surface area contributed by atoms with Crippen molar-refractivity contribution < 1.29 is 8.78 Å². The number of halogens is 2. The lowest BCUT2D eigenvalue weighted by Gasteiger charge is -2.37. The molecule has 19 heavy (non-hydrogen) atoms. The van der Waals surface area contributed by atoms with Gasteiger partial charge in [0.25, 0.3) is 5.92 Å². The number of fused-ring (bicyclic) bond motifs is 2. The van der Waals surface area contributed by atoms with Crippen molar-refractivity contribution >= 4 is 6.21 Å². The average molecular weight is 268 g/mol. The molecule has 0 saturated heterocycles. The molecule has 3 aliphatic rings. The highest BCUT2D eigenvalue weighted by Crippen LogP contribution is 2.65. The molecule has 1 saturated carbocycles. The van der Waals surface area contributed by atoms with Crippen LogP contribution in [0.25, 0.3) is 0 Å². The second-order valence-electron chi connectivity index (χ2n) is 6.12. The van der Waals surface area contributed by atoms with E-state index in [4.69, 9.17) is 0 Å². The minimum atomic E-state index is -2.66. The number of hydrazone groups is 1. The van der Waals surface area contributed by atoms with Crippen molar-refractivity contribution in [1.29, 1.82) is 0 Å². The fraction of sp³-hybridized carbons (Fsp3) is 0.800. The molecular weight excluding hydrogens is 246 g/mol. The third kappa shape index (κ3) is 1.75. The van der Waals surface area contributed by atoms with Gasteiger partial charge in [-0.05, 0) is 30.8 Å². The van der Waals surface area contributed by atoms with Gasteiger partial charge in [-0.1, -0.05) is 27.2 Å². The van der Waals surface area contributed by atoms with Gasteiger partial charge in [0.15, 0.2) is 0 Å². The van der Waals surface area contributed by atoms with Gasteiger partial charge in [-0.3, -0.25) is 5.01 Å². The zero-order valence-corrected chi connectivity index (χ0v) is 11.9. The summed E-state index contributed by atoms with van der Waals surface area (Å²) in [7, 11) is 0. The summed E-state index contributed by atoms with van der Waals surface area (Å²) < 4.78 is 29.0. The topological polar surface area (TPSA) is 15.6 Å². The number of allylic oxidation sites excluding steroid dienone is 2. The van der Waals surface area contributed by atoms with Crippen LogP contribution < -0.4 is 0 Å². The van der Waals surface area contributed by atoms with Crippen molar-refractivity contribution in [3.63, 3.8) is 0 Å². The fourth-order valence-electron chi connectivity index (χ4n) is 3.74. The molecule has 4 unspecified atom stereocenters. The van der Waals surface area contributed by atoms with Gasteiger partial charge in [-0.2, -0.15) is 13.9 Å². The van der Waals surface area contributed by atoms with E-state index < -0.39 is 11.8 Å². The molecule has 0 aromatic rings. The van der Waals surface area contributed by atoms with Crippen molar-refractivity contribution in [2.75, 3.05) is 0 Å². The monoisotopic (exact) mass is 268 g/mol. The Morgan fingerprint density at radius 1 is 1.47 bits per heavy atom. The van der Waals surface area contributed by atoms with Gasteiger partial charge < -0.3 is 0 Å². The molecule has 0 radical (unpaired) electrons. The lowest BCUT2D eigenvalue weighted by Crippen LogP contribution is -2.40. The van der Waals surface area contributed by atoms with E-state index in [1.54, 1.807) is 5.01 Å². The van der Waals surface area contributed by atoms with E-state index in [9.17, 15) is 8.78 Å². The fourth-order valence-corrected chi connectivity index (χ4v) is 3.74. The first kappa shape index (κ1) is 13.1. The number of hydrogen-bond acceptors (Lipinski definition) is 2. The van der Waals surface area contributed by atoms with Crippen LogP contribution >= 0.6 is 0 Å². The second kappa shape index (κ2) is 4.29. The zero-order valence-electron chi connectivity index (χ0n) is 11.9. The third-order valence-corrected chi connectivity index (χ3v) is 4.82. The maximum atomic E-state index is 14.5. The van der Waals surface area contributed by atoms with Crippen LogP contribution in [0.15, 0.2) is 16.4 Å². The summed E-state index contributed by atoms with van der Waals surface area (Å²) in [6.45, 7) is 6.15. The molecular formula is C15H22F2N2. The highest BCUT2D eigenvalue weighted by molar-refractivity contribution is 5.69. The predicted octanol–water partition coefficient (Wildman–Crippen LogP) is 4.04. The molecule has 1 fully saturated rings. The molecule has 4 atom stereocenters. The molecule has 0 aromatic carbocycles. The van der Waals surface area contributed by atoms with E-state index >= 15 is 0 Å². The highest BCUT2D eigenvalue weighted by atomic mass is 19.3. The van der Waals surface area contributed by atoms with Crippen LogP contribution in [-0.2, 0) is 0 Å². The maximum absolute atomic E-state index is 14.5. The van der Waals surface area contributed by atoms with Crippen LogP contribution in [0, 0.1) is 17.8 Å². The number of hydrogen-bond donors (Lipinski definition) is 0. The highest BCUT2D eigenvalue weighted by Gasteiger charge is 2.67. The molecule has 0 spiro atoms. The molecule has 106 valence electrons. The standard InChI is InChI=1S/C15H22F2N2/c1-4-6-10(5-2)19-14-13(9(3)8-18-19)11-7-12(11)15(14,16)17/h8-12H,4-7H2,1-3H3. The maximum Gasteiger partial charge on any atom is 0.292 e. The molecule has 2 nitrogen and oxygen atoms in total. The number of nitrogens with zero attached hydrogens (tertiary/aromatic N) is 2. The predicted molar refractivity (Wildman–Crippen MR) is 72.1 cm³/mol. The van der Waals surface area contributed by atoms with Gasteiger partial charge in [-0.25, -0.2) is 0 Å². The smallest absolute Gasteiger partial charge is 0.261 e. The van der Waals surface area contributed by atoms with Crippen molar-refractivity contribution in [2.45, 2.75) is 58.4 Å². The quantitative estimate of drug-likeness (QED) is 0.751. The van der Waals surface area contributed by atoms with Crippen molar-refractivity contribution in [1.82, 2.24) is 5.01 Å². The summed E-state index contributed by atoms with van der Waals surface area (Å²) in [5.41, 5.74) is 1.23. The first-order valence-corrected chi connectivity index (χ1v) is 7.48. The van der Waals surface area contributed by atoms with Crippen LogP contribution in [0.1, 0.15) is 46.5 Å². The largest absolute Gasteiger partial charge is 0.292 e. The molecule has 0 N–H and O–H groups in total. The Morgan fingerprint density at radius 3 is 2.84 bits per heavy atom. The minimum absolute atomic E-state index is 0.0776. The molecule has 1 heterocycles. The summed E-state index contributed by atoms with van der Waals surface area (Å²) in [5, 5.41) is 6.02. The van der Waals surface area contributed by atoms with Crippen LogP contribution in [0.3, 0.4) is 0 Å². The lowest BCUT2D eigenvalue weighted by atomic mass is 9.95. The number of rotatable bonds is 4. The Balaban J connectivity index is 1.98. The van der Waals surface area contributed by atoms with Gasteiger partial charge in [0, 0.05) is 18.1 Å². The zero-order chi connectivity index (χ0) is 13.8. The average Bonchev–Trinajstić information content (AvgIpc) is 3.12. The summed E-state index contributed by atoms with van der Waals surface area (Å²) in [5.74, 6) is -2.90. The van der Waals surface area contributed by atoms with Gasteiger partial charge in [0.05, 0.1) is 6.04 Å². The van der Waals surface area contributed by atoms with Gasteiger partial charge in [0.1, 0.15) is 5.70 Å². The van der Waals surface area contributed by atoms with E-state index in [-0.39, 0.29) is 23.6 Å². The van der Waals surface area contributed by atoms with Gasteiger partial charge in [-0.15, -0.1) is 0 Å². The first-order chi connectivity index (χ1) is 9.02. The molecule has 1 aliphatic heterocycles. The van der Waals surface area contributed by atoms with Crippen LogP contribution in [0.4, 0.5) is 8.78 Å². The van der Waals surface area contributed by atoms with Gasteiger partial charge in [0.2, 0.25) is 0 Å². The SMILES string of the molecule is CCCC(CC)N1N=CC(C)C2=C1C(F)(F)C1CC21. The van der Waals surface area contributed by atoms with E-state index in [0.29, 0.717) is 6.42 Å². The third-order valence-electron chi connectivity index (χ3n) is 4.82. The first-order valence-electron chi connectivity index (χ1n) is 7.48. The van der Waals surface area contributed by atoms with Crippen LogP contribution in [0.2, 0.25) is 0 Å². The summed E-state index contributed by atoms with van der Waals surface area (Å²) in [6.07, 6.45) is 5.31. The Morgan fingerprint density at radius 2 is 2.21 bits per heavy atom. The summed E-state index contributed by atoms with van der Waals surface area (Å²) in [4.78, 5) is 0. The Kier molecular flexibility index (Phi) is 2.95. The molecule has 0 bridgehead atoms. The molecule has 0 aromatic heterocycles. The van der Waals surface area contributed by atoms with Crippen molar-refractivity contribution in [3.8, 4) is 0 Å². The minimum Gasteiger partial charge on any atom is -0.261 e. The summed E-state index contributed by atoms with van der Waals surface area (Å²) >= 11 is 0. The number of alkyl halides is 2. The van der Waals surface area contributed by atoms with E-state index in [1.807, 2.05) is 13.1 Å². The van der Waals surface area contributed by atoms with Crippen molar-refractivity contribution in [2.24, 2.45) is 22.9 Å². The summed E-state index contributed by atoms with van der Waals surface area (Å²) in [6, 6.07) is 0.113. The molecule has 0 amide bonds. The normalized spacial score (nSPS) is 36.3. The van der Waals surface area contributed by atoms with Crippen LogP contribution in [0.5, 0.6) is 0 Å². The van der Waals surface area contributed by atoms with Crippen LogP contribution in [-0.4, -0.2) is 23.2 Å². The Bertz CT molecular complexity index is 441. The Labute approximate surface area is 113 Å². The van der Waals surface area contributed by atoms with E-state index in [0.717, 1.165) is 24.8 Å². The van der Waals surface area contributed by atoms with E-state index in [2.05, 4.69) is 18.9 Å². The molecule has 4 heteroatoms. The molecule has 3 rings (SSSR count).